The average molecular weight is 537 g/mol. The lowest BCUT2D eigenvalue weighted by molar-refractivity contribution is -0.140. The van der Waals surface area contributed by atoms with Gasteiger partial charge in [0.15, 0.2) is 0 Å². The van der Waals surface area contributed by atoms with E-state index < -0.39 is 53.5 Å². The van der Waals surface area contributed by atoms with Gasteiger partial charge in [-0.25, -0.2) is 0 Å². The van der Waals surface area contributed by atoms with Gasteiger partial charge in [0, 0.05) is 0 Å². The molecule has 2 aromatic carbocycles. The molecule has 0 unspecified atom stereocenters. The van der Waals surface area contributed by atoms with Crippen LogP contribution in [0.25, 0.3) is 0 Å². The van der Waals surface area contributed by atoms with Gasteiger partial charge < -0.3 is 0 Å². The average Bonchev–Trinajstić information content (AvgIpc) is 2.72. The van der Waals surface area contributed by atoms with E-state index in [1.807, 2.05) is 0 Å². The molecule has 0 N–H and O–H groups in total. The number of benzene rings is 2. The summed E-state index contributed by atoms with van der Waals surface area (Å²) in [5.74, 6) is 0. The predicted molar refractivity (Wildman–Crippen MR) is 110 cm³/mol. The molecule has 0 radical (unpaired) electrons. The zero-order chi connectivity index (χ0) is 26.4. The van der Waals surface area contributed by atoms with Crippen molar-refractivity contribution < 1.29 is 51.5 Å². The Labute approximate surface area is 193 Å². The maximum atomic E-state index is 12.8. The lowest BCUT2D eigenvalue weighted by atomic mass is 10.1. The maximum Gasteiger partial charge on any atom is 0.417 e. The summed E-state index contributed by atoms with van der Waals surface area (Å²) in [4.78, 5) is -1.63. The highest BCUT2D eigenvalue weighted by atomic mass is 32.2. The van der Waals surface area contributed by atoms with Gasteiger partial charge in [-0.3, -0.25) is 8.37 Å². The normalized spacial score (nSPS) is 12.7. The quantitative estimate of drug-likeness (QED) is 0.347. The first-order valence-corrected chi connectivity index (χ1v) is 12.5. The first kappa shape index (κ1) is 29.9. The van der Waals surface area contributed by atoms with Gasteiger partial charge in [0.05, 0.1) is 24.3 Å². The van der Waals surface area contributed by atoms with E-state index in [1.165, 1.54) is 32.0 Å². The summed E-state index contributed by atoms with van der Waals surface area (Å²) >= 11 is 0. The van der Waals surface area contributed by atoms with Crippen molar-refractivity contribution in [2.45, 2.75) is 49.3 Å². The van der Waals surface area contributed by atoms with Crippen molar-refractivity contribution in [2.24, 2.45) is 0 Å². The van der Waals surface area contributed by atoms with Gasteiger partial charge in [0.25, 0.3) is 20.2 Å². The number of alkyl halides is 6. The van der Waals surface area contributed by atoms with Crippen molar-refractivity contribution in [1.82, 2.24) is 0 Å². The van der Waals surface area contributed by atoms with Crippen LogP contribution in [0.1, 0.15) is 37.5 Å². The summed E-state index contributed by atoms with van der Waals surface area (Å²) in [7, 11) is -8.73. The number of aryl methyl sites for hydroxylation is 1. The highest BCUT2D eigenvalue weighted by Gasteiger charge is 2.39. The van der Waals surface area contributed by atoms with Crippen molar-refractivity contribution >= 4 is 20.2 Å². The molecule has 0 saturated heterocycles. The summed E-state index contributed by atoms with van der Waals surface area (Å²) in [6.45, 7) is 3.94. The monoisotopic (exact) mass is 536 g/mol. The minimum atomic E-state index is -4.73. The van der Waals surface area contributed by atoms with E-state index in [1.54, 1.807) is 6.92 Å². The summed E-state index contributed by atoms with van der Waals surface area (Å²) in [5, 5.41) is 0. The third kappa shape index (κ3) is 7.68. The standard InChI is InChI=1S/C11H13F3O3S.C9H9F3O3S/c1-3-8-6-5-7-9(11(12,13)14)10(8)18(15,16)17-4-2;1-2-15-16(13,14)8-6-4-3-5-7(8)9(10,11)12/h5-7H,3-4H2,1-2H3;3-6H,2H2,1H3. The van der Waals surface area contributed by atoms with Crippen molar-refractivity contribution in [3.05, 3.63) is 59.2 Å². The Morgan fingerprint density at radius 3 is 1.62 bits per heavy atom. The van der Waals surface area contributed by atoms with Crippen molar-refractivity contribution in [1.29, 1.82) is 0 Å². The summed E-state index contributed by atoms with van der Waals surface area (Å²) in [6, 6.07) is 7.17. The second-order valence-electron chi connectivity index (χ2n) is 6.36. The Hall–Kier alpha value is -2.16. The molecular weight excluding hydrogens is 514 g/mol. The predicted octanol–water partition coefficient (Wildman–Crippen LogP) is 5.42. The molecule has 0 fully saturated rings. The Morgan fingerprint density at radius 2 is 1.15 bits per heavy atom. The highest BCUT2D eigenvalue weighted by molar-refractivity contribution is 7.87. The minimum absolute atomic E-state index is 0.0956. The molecule has 192 valence electrons. The zero-order valence-electron chi connectivity index (χ0n) is 18.2. The molecule has 0 aliphatic rings. The van der Waals surface area contributed by atoms with E-state index >= 15 is 0 Å². The molecule has 0 atom stereocenters. The van der Waals surface area contributed by atoms with Crippen LogP contribution < -0.4 is 0 Å². The molecule has 34 heavy (non-hydrogen) atoms. The van der Waals surface area contributed by atoms with E-state index in [2.05, 4.69) is 8.37 Å². The van der Waals surface area contributed by atoms with Gasteiger partial charge in [0.2, 0.25) is 0 Å². The fourth-order valence-electron chi connectivity index (χ4n) is 2.73. The van der Waals surface area contributed by atoms with Crippen LogP contribution in [-0.4, -0.2) is 30.0 Å². The molecule has 0 bridgehead atoms. The molecule has 0 saturated carbocycles. The molecule has 0 spiro atoms. The molecule has 0 heterocycles. The fourth-order valence-corrected chi connectivity index (χ4v) is 5.28. The number of hydrogen-bond donors (Lipinski definition) is 0. The third-order valence-corrected chi connectivity index (χ3v) is 7.01. The topological polar surface area (TPSA) is 86.7 Å². The smallest absolute Gasteiger partial charge is 0.267 e. The van der Waals surface area contributed by atoms with Crippen molar-refractivity contribution in [2.75, 3.05) is 13.2 Å². The second kappa shape index (κ2) is 11.5. The largest absolute Gasteiger partial charge is 0.417 e. The first-order chi connectivity index (χ1) is 15.5. The number of halogens is 6. The number of hydrogen-bond acceptors (Lipinski definition) is 6. The van der Waals surface area contributed by atoms with Gasteiger partial charge in [0.1, 0.15) is 9.79 Å². The SMILES string of the molecule is CCOS(=O)(=O)c1c(CC)cccc1C(F)(F)F.CCOS(=O)(=O)c1ccccc1C(F)(F)F. The summed E-state index contributed by atoms with van der Waals surface area (Å²) < 4.78 is 131. The molecule has 2 rings (SSSR count). The van der Waals surface area contributed by atoms with E-state index in [0.29, 0.717) is 6.07 Å². The Morgan fingerprint density at radius 1 is 0.676 bits per heavy atom. The van der Waals surface area contributed by atoms with Crippen LogP contribution in [0, 0.1) is 0 Å². The van der Waals surface area contributed by atoms with Gasteiger partial charge >= 0.3 is 12.4 Å². The zero-order valence-corrected chi connectivity index (χ0v) is 19.8. The van der Waals surface area contributed by atoms with E-state index in [4.69, 9.17) is 0 Å². The molecule has 2 aromatic rings. The molecule has 14 heteroatoms. The number of rotatable bonds is 7. The molecular formula is C20H22F6O6S2. The first-order valence-electron chi connectivity index (χ1n) is 9.67. The molecule has 0 aliphatic carbocycles. The van der Waals surface area contributed by atoms with Crippen LogP contribution in [0.15, 0.2) is 52.3 Å². The fraction of sp³-hybridized carbons (Fsp3) is 0.400. The van der Waals surface area contributed by atoms with Crippen molar-refractivity contribution in [3.63, 3.8) is 0 Å². The van der Waals surface area contributed by atoms with Gasteiger partial charge in [-0.1, -0.05) is 31.2 Å². The highest BCUT2D eigenvalue weighted by Crippen LogP contribution is 2.37. The van der Waals surface area contributed by atoms with Crippen LogP contribution in [0.3, 0.4) is 0 Å². The molecule has 0 aromatic heterocycles. The third-order valence-electron chi connectivity index (χ3n) is 4.04. The van der Waals surface area contributed by atoms with E-state index in [-0.39, 0.29) is 25.2 Å². The maximum absolute atomic E-state index is 12.8. The van der Waals surface area contributed by atoms with Crippen LogP contribution in [0.5, 0.6) is 0 Å². The van der Waals surface area contributed by atoms with Gasteiger partial charge in [-0.05, 0) is 44.0 Å². The second-order valence-corrected chi connectivity index (χ2v) is 9.50. The summed E-state index contributed by atoms with van der Waals surface area (Å²) in [6.07, 6.45) is -9.28. The Balaban J connectivity index is 0.000000342. The molecule has 0 amide bonds. The van der Waals surface area contributed by atoms with Crippen molar-refractivity contribution in [3.8, 4) is 0 Å². The van der Waals surface area contributed by atoms with Crippen LogP contribution in [0.4, 0.5) is 26.3 Å². The van der Waals surface area contributed by atoms with Crippen LogP contribution in [-0.2, 0) is 47.4 Å². The summed E-state index contributed by atoms with van der Waals surface area (Å²) in [5.41, 5.74) is -2.31. The van der Waals surface area contributed by atoms with Gasteiger partial charge in [-0.2, -0.15) is 43.2 Å². The van der Waals surface area contributed by atoms with Gasteiger partial charge in [-0.15, -0.1) is 0 Å². The Kier molecular flexibility index (Phi) is 10.1. The molecule has 0 aliphatic heterocycles. The molecule has 6 nitrogen and oxygen atoms in total. The van der Waals surface area contributed by atoms with Crippen LogP contribution >= 0.6 is 0 Å². The lowest BCUT2D eigenvalue weighted by Crippen LogP contribution is -2.17. The van der Waals surface area contributed by atoms with Crippen LogP contribution in [0.2, 0.25) is 0 Å². The Bertz CT molecular complexity index is 1170. The minimum Gasteiger partial charge on any atom is -0.267 e. The van der Waals surface area contributed by atoms with E-state index in [9.17, 15) is 43.2 Å². The lowest BCUT2D eigenvalue weighted by Gasteiger charge is -2.15. The van der Waals surface area contributed by atoms with E-state index in [0.717, 1.165) is 18.2 Å².